The normalized spacial score (nSPS) is 14.7. The number of benzene rings is 2. The Hall–Kier alpha value is -3.02. The van der Waals surface area contributed by atoms with Crippen LogP contribution in [0.3, 0.4) is 0 Å². The summed E-state index contributed by atoms with van der Waals surface area (Å²) in [5.74, 6) is -0.563. The van der Waals surface area contributed by atoms with Gasteiger partial charge < -0.3 is 9.47 Å². The summed E-state index contributed by atoms with van der Waals surface area (Å²) in [6.07, 6.45) is 2.71. The summed E-state index contributed by atoms with van der Waals surface area (Å²) in [6, 6.07) is 10.9. The molecule has 1 fully saturated rings. The minimum absolute atomic E-state index is 0.131. The number of amides is 1. The van der Waals surface area contributed by atoms with Crippen molar-refractivity contribution in [3.05, 3.63) is 48.0 Å². The van der Waals surface area contributed by atoms with Crippen molar-refractivity contribution in [3.8, 4) is 5.75 Å². The molecule has 1 aliphatic rings. The number of fused-ring (bicyclic) bond motifs is 1. The first-order chi connectivity index (χ1) is 15.9. The van der Waals surface area contributed by atoms with Crippen molar-refractivity contribution in [2.45, 2.75) is 24.2 Å². The number of carbonyl (C=O) groups excluding carboxylic acids is 2. The Balaban J connectivity index is 1.33. The molecule has 2 aromatic carbocycles. The number of thiazole rings is 1. The van der Waals surface area contributed by atoms with Crippen molar-refractivity contribution in [1.82, 2.24) is 9.29 Å². The van der Waals surface area contributed by atoms with E-state index in [1.807, 2.05) is 6.07 Å². The molecule has 3 aromatic rings. The fourth-order valence-electron chi connectivity index (χ4n) is 3.47. The average Bonchev–Trinajstić information content (AvgIpc) is 3.24. The molecule has 1 N–H and O–H groups in total. The lowest BCUT2D eigenvalue weighted by molar-refractivity contribution is -0.119. The Bertz CT molecular complexity index is 1270. The summed E-state index contributed by atoms with van der Waals surface area (Å²) >= 11 is 1.28. The van der Waals surface area contributed by atoms with Gasteiger partial charge in [-0.05, 0) is 55.3 Å². The number of nitrogens with zero attached hydrogens (tertiary/aromatic N) is 2. The van der Waals surface area contributed by atoms with E-state index in [0.29, 0.717) is 29.5 Å². The molecule has 0 saturated carbocycles. The lowest BCUT2D eigenvalue weighted by Gasteiger charge is -2.25. The second-order valence-electron chi connectivity index (χ2n) is 7.47. The molecular formula is C22H23N3O6S2. The highest BCUT2D eigenvalue weighted by Crippen LogP contribution is 2.29. The maximum atomic E-state index is 12.7. The molecule has 9 nitrogen and oxygen atoms in total. The predicted octanol–water partition coefficient (Wildman–Crippen LogP) is 3.28. The smallest absolute Gasteiger partial charge is 0.338 e. The van der Waals surface area contributed by atoms with Crippen molar-refractivity contribution >= 4 is 48.6 Å². The van der Waals surface area contributed by atoms with Gasteiger partial charge in [0.2, 0.25) is 10.0 Å². The fourth-order valence-corrected chi connectivity index (χ4v) is 5.90. The van der Waals surface area contributed by atoms with Crippen LogP contribution in [0.2, 0.25) is 0 Å². The molecule has 0 bridgehead atoms. The van der Waals surface area contributed by atoms with E-state index in [2.05, 4.69) is 10.3 Å². The largest absolute Gasteiger partial charge is 0.497 e. The number of sulfonamides is 1. The number of aromatic nitrogens is 1. The van der Waals surface area contributed by atoms with E-state index < -0.39 is 28.5 Å². The van der Waals surface area contributed by atoms with Crippen molar-refractivity contribution < 1.29 is 27.5 Å². The fraction of sp³-hybridized carbons (Fsp3) is 0.318. The van der Waals surface area contributed by atoms with Gasteiger partial charge in [0.05, 0.1) is 27.8 Å². The first-order valence-corrected chi connectivity index (χ1v) is 12.6. The summed E-state index contributed by atoms with van der Waals surface area (Å²) in [7, 11) is -2.01. The molecule has 33 heavy (non-hydrogen) atoms. The van der Waals surface area contributed by atoms with Gasteiger partial charge in [0.1, 0.15) is 5.75 Å². The Morgan fingerprint density at radius 3 is 2.52 bits per heavy atom. The number of methoxy groups -OCH3 is 1. The maximum Gasteiger partial charge on any atom is 0.338 e. The van der Waals surface area contributed by atoms with Crippen LogP contribution in [0.25, 0.3) is 10.2 Å². The highest BCUT2D eigenvalue weighted by Gasteiger charge is 2.26. The number of piperidine rings is 1. The van der Waals surface area contributed by atoms with Crippen LogP contribution in [0.5, 0.6) is 5.75 Å². The number of anilines is 1. The second kappa shape index (κ2) is 9.86. The zero-order valence-corrected chi connectivity index (χ0v) is 19.6. The first kappa shape index (κ1) is 23.1. The van der Waals surface area contributed by atoms with Crippen molar-refractivity contribution in [2.24, 2.45) is 0 Å². The molecule has 11 heteroatoms. The van der Waals surface area contributed by atoms with Gasteiger partial charge >= 0.3 is 5.97 Å². The topological polar surface area (TPSA) is 115 Å². The third kappa shape index (κ3) is 5.32. The lowest BCUT2D eigenvalue weighted by atomic mass is 10.2. The molecule has 1 amide bonds. The van der Waals surface area contributed by atoms with E-state index in [1.54, 1.807) is 19.2 Å². The minimum atomic E-state index is -3.58. The van der Waals surface area contributed by atoms with Crippen molar-refractivity contribution in [2.75, 3.05) is 32.1 Å². The molecule has 1 aromatic heterocycles. The number of nitrogens with one attached hydrogen (secondary N) is 1. The van der Waals surface area contributed by atoms with E-state index in [9.17, 15) is 18.0 Å². The number of hydrogen-bond donors (Lipinski definition) is 1. The van der Waals surface area contributed by atoms with Gasteiger partial charge in [0.15, 0.2) is 11.7 Å². The van der Waals surface area contributed by atoms with Crippen LogP contribution in [0.4, 0.5) is 5.13 Å². The van der Waals surface area contributed by atoms with E-state index in [0.717, 1.165) is 24.0 Å². The van der Waals surface area contributed by atoms with Gasteiger partial charge in [0, 0.05) is 13.1 Å². The number of rotatable bonds is 7. The number of carbonyl (C=O) groups is 2. The van der Waals surface area contributed by atoms with Crippen LogP contribution >= 0.6 is 11.3 Å². The van der Waals surface area contributed by atoms with E-state index in [1.165, 1.54) is 39.9 Å². The van der Waals surface area contributed by atoms with Crippen LogP contribution < -0.4 is 10.1 Å². The van der Waals surface area contributed by atoms with Gasteiger partial charge in [-0.3, -0.25) is 10.1 Å². The number of ether oxygens (including phenoxy) is 2. The highest BCUT2D eigenvalue weighted by atomic mass is 32.2. The molecule has 1 aliphatic heterocycles. The van der Waals surface area contributed by atoms with Crippen LogP contribution in [0.1, 0.15) is 29.6 Å². The summed E-state index contributed by atoms with van der Waals surface area (Å²) in [4.78, 5) is 28.9. The summed E-state index contributed by atoms with van der Waals surface area (Å²) in [5, 5.41) is 2.99. The van der Waals surface area contributed by atoms with Gasteiger partial charge in [-0.25, -0.2) is 18.2 Å². The summed E-state index contributed by atoms with van der Waals surface area (Å²) < 4.78 is 38.0. The summed E-state index contributed by atoms with van der Waals surface area (Å²) in [6.45, 7) is 0.513. The minimum Gasteiger partial charge on any atom is -0.497 e. The van der Waals surface area contributed by atoms with Crippen LogP contribution in [0, 0.1) is 0 Å². The van der Waals surface area contributed by atoms with E-state index in [4.69, 9.17) is 9.47 Å². The molecular weight excluding hydrogens is 466 g/mol. The van der Waals surface area contributed by atoms with E-state index in [-0.39, 0.29) is 10.5 Å². The van der Waals surface area contributed by atoms with Crippen LogP contribution in [-0.2, 0) is 19.6 Å². The van der Waals surface area contributed by atoms with Gasteiger partial charge in [0.25, 0.3) is 5.91 Å². The Morgan fingerprint density at radius 2 is 1.82 bits per heavy atom. The molecule has 0 spiro atoms. The van der Waals surface area contributed by atoms with Crippen molar-refractivity contribution in [1.29, 1.82) is 0 Å². The molecule has 0 unspecified atom stereocenters. The highest BCUT2D eigenvalue weighted by molar-refractivity contribution is 7.89. The Labute approximate surface area is 195 Å². The van der Waals surface area contributed by atoms with E-state index >= 15 is 0 Å². The second-order valence-corrected chi connectivity index (χ2v) is 10.4. The molecule has 4 rings (SSSR count). The Morgan fingerprint density at radius 1 is 1.09 bits per heavy atom. The van der Waals surface area contributed by atoms with Gasteiger partial charge in [-0.2, -0.15) is 4.31 Å². The van der Waals surface area contributed by atoms with Gasteiger partial charge in [-0.1, -0.05) is 17.8 Å². The van der Waals surface area contributed by atoms with Crippen LogP contribution in [-0.4, -0.2) is 56.4 Å². The Kier molecular flexibility index (Phi) is 6.91. The molecule has 2 heterocycles. The standard InChI is InChI=1S/C22H23N3O6S2/c1-30-16-7-10-18-19(13-16)32-22(23-18)24-20(26)14-31-21(27)15-5-8-17(9-6-15)33(28,29)25-11-3-2-4-12-25/h5-10,13H,2-4,11-12,14H2,1H3,(H,23,24,26). The maximum absolute atomic E-state index is 12.7. The molecule has 0 atom stereocenters. The predicted molar refractivity (Wildman–Crippen MR) is 124 cm³/mol. The quantitative estimate of drug-likeness (QED) is 0.507. The molecule has 0 aliphatic carbocycles. The number of esters is 1. The average molecular weight is 490 g/mol. The summed E-state index contributed by atoms with van der Waals surface area (Å²) in [5.41, 5.74) is 0.875. The number of hydrogen-bond acceptors (Lipinski definition) is 8. The third-order valence-electron chi connectivity index (χ3n) is 5.22. The molecule has 1 saturated heterocycles. The zero-order valence-electron chi connectivity index (χ0n) is 17.9. The van der Waals surface area contributed by atoms with Crippen LogP contribution in [0.15, 0.2) is 47.4 Å². The zero-order chi connectivity index (χ0) is 23.4. The monoisotopic (exact) mass is 489 g/mol. The van der Waals surface area contributed by atoms with Crippen molar-refractivity contribution in [3.63, 3.8) is 0 Å². The third-order valence-corrected chi connectivity index (χ3v) is 8.07. The SMILES string of the molecule is COc1ccc2nc(NC(=O)COC(=O)c3ccc(S(=O)(=O)N4CCCCC4)cc3)sc2c1. The first-order valence-electron chi connectivity index (χ1n) is 10.4. The molecule has 0 radical (unpaired) electrons. The molecule has 174 valence electrons. The van der Waals surface area contributed by atoms with Gasteiger partial charge in [-0.15, -0.1) is 0 Å². The lowest BCUT2D eigenvalue weighted by Crippen LogP contribution is -2.35.